The van der Waals surface area contributed by atoms with Gasteiger partial charge in [0.15, 0.2) is 5.58 Å². The molecule has 0 aliphatic rings. The van der Waals surface area contributed by atoms with Gasteiger partial charge in [0.1, 0.15) is 16.7 Å². The van der Waals surface area contributed by atoms with Crippen molar-refractivity contribution in [3.63, 3.8) is 0 Å². The summed E-state index contributed by atoms with van der Waals surface area (Å²) in [6.07, 6.45) is 0. The van der Waals surface area contributed by atoms with Crippen LogP contribution in [0.3, 0.4) is 0 Å². The maximum Gasteiger partial charge on any atom is 0.227 e. The molecule has 2 aromatic heterocycles. The van der Waals surface area contributed by atoms with E-state index in [0.717, 1.165) is 83.5 Å². The first-order valence-electron chi connectivity index (χ1n) is 16.7. The molecule has 5 heteroatoms. The van der Waals surface area contributed by atoms with E-state index in [9.17, 15) is 0 Å². The number of fused-ring (bicyclic) bond motifs is 3. The fourth-order valence-corrected chi connectivity index (χ4v) is 7.22. The van der Waals surface area contributed by atoms with Crippen LogP contribution >= 0.6 is 0 Å². The highest BCUT2D eigenvalue weighted by Gasteiger charge is 2.25. The number of hydrogen-bond acceptors (Lipinski definition) is 5. The van der Waals surface area contributed by atoms with Crippen molar-refractivity contribution in [1.82, 2.24) is 4.98 Å². The first-order chi connectivity index (χ1) is 24.8. The van der Waals surface area contributed by atoms with Crippen molar-refractivity contribution in [3.05, 3.63) is 176 Å². The van der Waals surface area contributed by atoms with E-state index in [-0.39, 0.29) is 0 Å². The molecule has 50 heavy (non-hydrogen) atoms. The predicted octanol–water partition coefficient (Wildman–Crippen LogP) is 12.9. The fourth-order valence-electron chi connectivity index (χ4n) is 7.22. The zero-order chi connectivity index (χ0) is 33.0. The summed E-state index contributed by atoms with van der Waals surface area (Å²) in [4.78, 5) is 9.63. The molecule has 236 valence electrons. The smallest absolute Gasteiger partial charge is 0.227 e. The fraction of sp³-hybridized carbons (Fsp3) is 0. The van der Waals surface area contributed by atoms with Crippen LogP contribution < -0.4 is 9.80 Å². The summed E-state index contributed by atoms with van der Waals surface area (Å²) in [6.45, 7) is 0. The molecule has 0 saturated heterocycles. The largest absolute Gasteiger partial charge is 0.456 e. The number of furan rings is 1. The molecule has 0 amide bonds. The molecule has 0 N–H and O–H groups in total. The number of rotatable bonds is 7. The minimum Gasteiger partial charge on any atom is -0.456 e. The average molecular weight is 644 g/mol. The van der Waals surface area contributed by atoms with Crippen molar-refractivity contribution in [3.8, 4) is 11.5 Å². The second-order valence-corrected chi connectivity index (χ2v) is 12.4. The van der Waals surface area contributed by atoms with Crippen molar-refractivity contribution in [1.29, 1.82) is 0 Å². The number of oxazole rings is 1. The van der Waals surface area contributed by atoms with Crippen molar-refractivity contribution < 1.29 is 8.83 Å². The van der Waals surface area contributed by atoms with E-state index < -0.39 is 0 Å². The maximum absolute atomic E-state index is 6.66. The van der Waals surface area contributed by atoms with E-state index in [4.69, 9.17) is 13.8 Å². The lowest BCUT2D eigenvalue weighted by molar-refractivity contribution is 0.623. The standard InChI is InChI=1S/C45H29N3O2/c1-5-15-30(16-6-1)45-46-43-37-25-14-26-39-41(37)42-38(44(43)50-45)28-36(29-40(42)49-39)48(33-21-11-4-12-22-33)35-24-13-23-34(27-35)47(31-17-7-2-8-18-31)32-19-9-3-10-20-32/h1-29H. The average Bonchev–Trinajstić information content (AvgIpc) is 3.80. The summed E-state index contributed by atoms with van der Waals surface area (Å²) in [7, 11) is 0. The van der Waals surface area contributed by atoms with Crippen LogP contribution in [0.4, 0.5) is 34.1 Å². The van der Waals surface area contributed by atoms with Gasteiger partial charge in [0, 0.05) is 61.6 Å². The molecule has 0 fully saturated rings. The van der Waals surface area contributed by atoms with Crippen LogP contribution in [-0.2, 0) is 0 Å². The number of hydrogen-bond donors (Lipinski definition) is 0. The molecule has 2 heterocycles. The Kier molecular flexibility index (Phi) is 6.42. The third-order valence-corrected chi connectivity index (χ3v) is 9.38. The third-order valence-electron chi connectivity index (χ3n) is 9.38. The van der Waals surface area contributed by atoms with Gasteiger partial charge in [0.05, 0.1) is 5.69 Å². The summed E-state index contributed by atoms with van der Waals surface area (Å²) in [5.41, 5.74) is 10.3. The SMILES string of the molecule is c1ccc(-c2nc3c4cccc5oc6cc(N(c7ccccc7)c7cccc(N(c8ccccc8)c8ccccc8)c7)cc(c3o2)c6c54)cc1. The summed E-state index contributed by atoms with van der Waals surface area (Å²) in [5.74, 6) is 0.600. The molecule has 0 aliphatic heterocycles. The first-order valence-corrected chi connectivity index (χ1v) is 16.7. The topological polar surface area (TPSA) is 45.7 Å². The van der Waals surface area contributed by atoms with E-state index in [2.05, 4.69) is 125 Å². The molecule has 10 rings (SSSR count). The Labute approximate surface area is 288 Å². The Hall–Kier alpha value is -6.85. The summed E-state index contributed by atoms with van der Waals surface area (Å²) >= 11 is 0. The summed E-state index contributed by atoms with van der Waals surface area (Å²) in [6, 6.07) is 60.7. The zero-order valence-corrected chi connectivity index (χ0v) is 26.9. The second kappa shape index (κ2) is 11.4. The molecule has 10 aromatic rings. The molecular formula is C45H29N3O2. The molecule has 0 unspecified atom stereocenters. The van der Waals surface area contributed by atoms with E-state index >= 15 is 0 Å². The predicted molar refractivity (Wildman–Crippen MR) is 205 cm³/mol. The Morgan fingerprint density at radius 1 is 0.380 bits per heavy atom. The molecule has 5 nitrogen and oxygen atoms in total. The van der Waals surface area contributed by atoms with Crippen molar-refractivity contribution in [2.24, 2.45) is 0 Å². The monoisotopic (exact) mass is 643 g/mol. The van der Waals surface area contributed by atoms with Crippen molar-refractivity contribution >= 4 is 77.9 Å². The lowest BCUT2D eigenvalue weighted by Gasteiger charge is -2.29. The molecule has 0 aliphatic carbocycles. The van der Waals surface area contributed by atoms with Gasteiger partial charge in [0.2, 0.25) is 5.89 Å². The van der Waals surface area contributed by atoms with Crippen LogP contribution in [0.5, 0.6) is 0 Å². The number of nitrogens with zero attached hydrogens (tertiary/aromatic N) is 3. The molecule has 0 spiro atoms. The van der Waals surface area contributed by atoms with Crippen LogP contribution in [-0.4, -0.2) is 4.98 Å². The van der Waals surface area contributed by atoms with E-state index in [0.29, 0.717) is 5.89 Å². The van der Waals surface area contributed by atoms with Crippen LogP contribution in [0.15, 0.2) is 185 Å². The van der Waals surface area contributed by atoms with Gasteiger partial charge >= 0.3 is 0 Å². The highest BCUT2D eigenvalue weighted by Crippen LogP contribution is 2.47. The van der Waals surface area contributed by atoms with Gasteiger partial charge in [-0.1, -0.05) is 91.0 Å². The van der Waals surface area contributed by atoms with E-state index in [1.54, 1.807) is 0 Å². The summed E-state index contributed by atoms with van der Waals surface area (Å²) in [5, 5.41) is 4.10. The third kappa shape index (κ3) is 4.52. The van der Waals surface area contributed by atoms with Gasteiger partial charge in [0.25, 0.3) is 0 Å². The lowest BCUT2D eigenvalue weighted by Crippen LogP contribution is -2.13. The molecule has 0 radical (unpaired) electrons. The second-order valence-electron chi connectivity index (χ2n) is 12.4. The Bertz CT molecular complexity index is 2720. The number of anilines is 6. The van der Waals surface area contributed by atoms with Gasteiger partial charge in [-0.25, -0.2) is 4.98 Å². The molecule has 8 aromatic carbocycles. The van der Waals surface area contributed by atoms with Gasteiger partial charge in [-0.15, -0.1) is 0 Å². The Morgan fingerprint density at radius 3 is 1.52 bits per heavy atom. The molecular weight excluding hydrogens is 615 g/mol. The highest BCUT2D eigenvalue weighted by molar-refractivity contribution is 6.32. The lowest BCUT2D eigenvalue weighted by atomic mass is 9.99. The van der Waals surface area contributed by atoms with Gasteiger partial charge in [-0.2, -0.15) is 0 Å². The van der Waals surface area contributed by atoms with Gasteiger partial charge in [-0.05, 0) is 78.9 Å². The highest BCUT2D eigenvalue weighted by atomic mass is 16.3. The normalized spacial score (nSPS) is 11.6. The minimum atomic E-state index is 0.600. The quantitative estimate of drug-likeness (QED) is 0.162. The van der Waals surface area contributed by atoms with Crippen LogP contribution in [0, 0.1) is 0 Å². The van der Waals surface area contributed by atoms with E-state index in [1.807, 2.05) is 60.7 Å². The van der Waals surface area contributed by atoms with E-state index in [1.165, 1.54) is 0 Å². The number of para-hydroxylation sites is 3. The maximum atomic E-state index is 6.66. The van der Waals surface area contributed by atoms with Crippen LogP contribution in [0.2, 0.25) is 0 Å². The van der Waals surface area contributed by atoms with Gasteiger partial charge < -0.3 is 18.6 Å². The minimum absolute atomic E-state index is 0.600. The zero-order valence-electron chi connectivity index (χ0n) is 26.9. The van der Waals surface area contributed by atoms with Crippen LogP contribution in [0.25, 0.3) is 55.3 Å². The Balaban J connectivity index is 1.22. The number of aromatic nitrogens is 1. The summed E-state index contributed by atoms with van der Waals surface area (Å²) < 4.78 is 13.3. The molecule has 0 atom stereocenters. The number of benzene rings is 8. The van der Waals surface area contributed by atoms with Gasteiger partial charge in [-0.3, -0.25) is 0 Å². The van der Waals surface area contributed by atoms with Crippen molar-refractivity contribution in [2.75, 3.05) is 9.80 Å². The Morgan fingerprint density at radius 2 is 0.900 bits per heavy atom. The molecule has 0 bridgehead atoms. The van der Waals surface area contributed by atoms with Crippen molar-refractivity contribution in [2.45, 2.75) is 0 Å². The first kappa shape index (κ1) is 28.2. The molecule has 0 saturated carbocycles. The van der Waals surface area contributed by atoms with Crippen LogP contribution in [0.1, 0.15) is 0 Å².